The molecule has 0 fully saturated rings. The number of benzene rings is 1. The maximum Gasteiger partial charge on any atom is 0.160 e. The summed E-state index contributed by atoms with van der Waals surface area (Å²) in [6.07, 6.45) is 6.40. The van der Waals surface area contributed by atoms with Gasteiger partial charge in [0.05, 0.1) is 12.2 Å². The Kier molecular flexibility index (Phi) is 3.30. The zero-order chi connectivity index (χ0) is 11.4. The Hall–Kier alpha value is -1.70. The normalized spacial score (nSPS) is 13.9. The predicted molar refractivity (Wildman–Crippen MR) is 65.8 cm³/mol. The van der Waals surface area contributed by atoms with Crippen LogP contribution in [0.2, 0.25) is 0 Å². The van der Waals surface area contributed by atoms with E-state index in [-0.39, 0.29) is 0 Å². The second-order valence-corrected chi connectivity index (χ2v) is 3.92. The number of allylic oxidation sites excluding steroid dienone is 2. The second-order valence-electron chi connectivity index (χ2n) is 3.92. The molecule has 0 unspecified atom stereocenters. The summed E-state index contributed by atoms with van der Waals surface area (Å²) in [4.78, 5) is 5.68. The number of hydroxylamine groups is 2. The molecule has 2 heteroatoms. The van der Waals surface area contributed by atoms with Crippen LogP contribution in [0.15, 0.2) is 48.7 Å². The summed E-state index contributed by atoms with van der Waals surface area (Å²) in [5.41, 5.74) is 2.12. The van der Waals surface area contributed by atoms with Gasteiger partial charge in [0, 0.05) is 5.56 Å². The quantitative estimate of drug-likeness (QED) is 0.710. The largest absolute Gasteiger partial charge is 0.379 e. The van der Waals surface area contributed by atoms with Crippen molar-refractivity contribution in [3.8, 4) is 5.75 Å². The van der Waals surface area contributed by atoms with E-state index in [0.717, 1.165) is 30.8 Å². The molecule has 0 radical (unpaired) electrons. The van der Waals surface area contributed by atoms with Gasteiger partial charge < -0.3 is 4.84 Å². The Morgan fingerprint density at radius 2 is 2.31 bits per heavy atom. The fourth-order valence-electron chi connectivity index (χ4n) is 1.66. The van der Waals surface area contributed by atoms with Crippen LogP contribution < -0.4 is 4.84 Å². The molecular weight excluding hydrogens is 198 g/mol. The molecule has 84 valence electrons. The lowest BCUT2D eigenvalue weighted by molar-refractivity contribution is 0.000994. The van der Waals surface area contributed by atoms with Crippen LogP contribution in [0, 0.1) is 0 Å². The first-order valence-electron chi connectivity index (χ1n) is 5.70. The molecule has 0 N–H and O–H groups in total. The van der Waals surface area contributed by atoms with Crippen molar-refractivity contribution in [2.75, 3.05) is 0 Å². The molecule has 16 heavy (non-hydrogen) atoms. The van der Waals surface area contributed by atoms with E-state index in [9.17, 15) is 0 Å². The first kappa shape index (κ1) is 10.8. The van der Waals surface area contributed by atoms with E-state index in [1.54, 1.807) is 0 Å². The summed E-state index contributed by atoms with van der Waals surface area (Å²) in [6, 6.07) is 8.08. The Balaban J connectivity index is 1.98. The topological polar surface area (TPSA) is 12.5 Å². The average Bonchev–Trinajstić information content (AvgIpc) is 2.73. The van der Waals surface area contributed by atoms with E-state index in [1.165, 1.54) is 5.56 Å². The zero-order valence-electron chi connectivity index (χ0n) is 9.65. The fourth-order valence-corrected chi connectivity index (χ4v) is 1.66. The molecule has 2 nitrogen and oxygen atoms in total. The van der Waals surface area contributed by atoms with Gasteiger partial charge in [-0.15, -0.1) is 0 Å². The lowest BCUT2D eigenvalue weighted by atomic mass is 10.2. The van der Waals surface area contributed by atoms with Gasteiger partial charge in [-0.1, -0.05) is 44.2 Å². The van der Waals surface area contributed by atoms with E-state index in [0.29, 0.717) is 0 Å². The van der Waals surface area contributed by atoms with Crippen molar-refractivity contribution >= 4 is 0 Å². The Morgan fingerprint density at radius 1 is 1.50 bits per heavy atom. The minimum absolute atomic E-state index is 0.783. The van der Waals surface area contributed by atoms with E-state index in [1.807, 2.05) is 29.3 Å². The van der Waals surface area contributed by atoms with Crippen molar-refractivity contribution in [3.05, 3.63) is 54.3 Å². The van der Waals surface area contributed by atoms with Gasteiger partial charge >= 0.3 is 0 Å². The maximum atomic E-state index is 5.68. The summed E-state index contributed by atoms with van der Waals surface area (Å²) in [7, 11) is 0. The van der Waals surface area contributed by atoms with Crippen LogP contribution in [0.5, 0.6) is 5.75 Å². The van der Waals surface area contributed by atoms with Gasteiger partial charge in [0.25, 0.3) is 0 Å². The molecule has 1 heterocycles. The van der Waals surface area contributed by atoms with Gasteiger partial charge in [-0.25, -0.2) is 5.06 Å². The van der Waals surface area contributed by atoms with Gasteiger partial charge in [-0.3, -0.25) is 0 Å². The molecule has 0 bridgehead atoms. The van der Waals surface area contributed by atoms with Crippen LogP contribution in [0.1, 0.15) is 25.3 Å². The van der Waals surface area contributed by atoms with E-state index < -0.39 is 0 Å². The van der Waals surface area contributed by atoms with Crippen LogP contribution in [0.3, 0.4) is 0 Å². The monoisotopic (exact) mass is 215 g/mol. The third-order valence-electron chi connectivity index (χ3n) is 2.58. The smallest absolute Gasteiger partial charge is 0.160 e. The summed E-state index contributed by atoms with van der Waals surface area (Å²) in [5.74, 6) is 0.938. The number of hydrogen-bond acceptors (Lipinski definition) is 2. The van der Waals surface area contributed by atoms with Crippen molar-refractivity contribution in [2.24, 2.45) is 0 Å². The molecule has 0 aliphatic carbocycles. The maximum absolute atomic E-state index is 5.68. The SMILES string of the molecule is C=C(/C=C\CCC)N1Cc2ccccc2O1. The van der Waals surface area contributed by atoms with Crippen molar-refractivity contribution in [3.63, 3.8) is 0 Å². The Labute approximate surface area is 96.8 Å². The molecule has 1 aliphatic heterocycles. The van der Waals surface area contributed by atoms with Crippen LogP contribution >= 0.6 is 0 Å². The molecule has 0 amide bonds. The van der Waals surface area contributed by atoms with E-state index in [2.05, 4.69) is 25.6 Å². The molecule has 0 aromatic heterocycles. The summed E-state index contributed by atoms with van der Waals surface area (Å²) in [5, 5.41) is 1.83. The summed E-state index contributed by atoms with van der Waals surface area (Å²) in [6.45, 7) is 6.95. The second kappa shape index (κ2) is 4.88. The lowest BCUT2D eigenvalue weighted by Crippen LogP contribution is -2.18. The van der Waals surface area contributed by atoms with Crippen molar-refractivity contribution in [1.82, 2.24) is 5.06 Å². The average molecular weight is 215 g/mol. The molecule has 1 aliphatic rings. The number of rotatable bonds is 4. The fraction of sp³-hybridized carbons (Fsp3) is 0.286. The van der Waals surface area contributed by atoms with Gasteiger partial charge in [-0.2, -0.15) is 0 Å². The molecule has 0 atom stereocenters. The minimum atomic E-state index is 0.783. The molecular formula is C14H17NO. The molecule has 2 rings (SSSR count). The molecule has 0 saturated carbocycles. The van der Waals surface area contributed by atoms with Gasteiger partial charge in [0.2, 0.25) is 0 Å². The third kappa shape index (κ3) is 2.27. The molecule has 1 aromatic rings. The van der Waals surface area contributed by atoms with Crippen molar-refractivity contribution < 1.29 is 4.84 Å². The Morgan fingerprint density at radius 3 is 3.06 bits per heavy atom. The number of hydrogen-bond donors (Lipinski definition) is 0. The highest BCUT2D eigenvalue weighted by Crippen LogP contribution is 2.29. The van der Waals surface area contributed by atoms with Crippen LogP contribution in [0.4, 0.5) is 0 Å². The van der Waals surface area contributed by atoms with Gasteiger partial charge in [0.1, 0.15) is 0 Å². The number of nitrogens with zero attached hydrogens (tertiary/aromatic N) is 1. The lowest BCUT2D eigenvalue weighted by Gasteiger charge is -2.16. The molecule has 0 saturated heterocycles. The first-order valence-corrected chi connectivity index (χ1v) is 5.70. The predicted octanol–water partition coefficient (Wildman–Crippen LogP) is 3.67. The van der Waals surface area contributed by atoms with E-state index in [4.69, 9.17) is 4.84 Å². The molecule has 1 aromatic carbocycles. The Bertz CT molecular complexity index is 384. The van der Waals surface area contributed by atoms with Gasteiger partial charge in [-0.05, 0) is 18.6 Å². The summed E-state index contributed by atoms with van der Waals surface area (Å²) >= 11 is 0. The van der Waals surface area contributed by atoms with Gasteiger partial charge in [0.15, 0.2) is 5.75 Å². The number of para-hydroxylation sites is 1. The molecule has 0 spiro atoms. The first-order chi connectivity index (χ1) is 7.81. The summed E-state index contributed by atoms with van der Waals surface area (Å²) < 4.78 is 0. The van der Waals surface area contributed by atoms with Crippen molar-refractivity contribution in [2.45, 2.75) is 26.3 Å². The highest BCUT2D eigenvalue weighted by atomic mass is 16.7. The van der Waals surface area contributed by atoms with E-state index >= 15 is 0 Å². The minimum Gasteiger partial charge on any atom is -0.379 e. The van der Waals surface area contributed by atoms with Crippen LogP contribution in [-0.2, 0) is 6.54 Å². The van der Waals surface area contributed by atoms with Crippen LogP contribution in [-0.4, -0.2) is 5.06 Å². The number of fused-ring (bicyclic) bond motifs is 1. The standard InChI is InChI=1S/C14H17NO/c1-3-4-5-8-12(2)15-11-13-9-6-7-10-14(13)16-15/h5-10H,2-4,11H2,1H3/b8-5-. The van der Waals surface area contributed by atoms with Crippen molar-refractivity contribution in [1.29, 1.82) is 0 Å². The third-order valence-corrected chi connectivity index (χ3v) is 2.58. The zero-order valence-corrected chi connectivity index (χ0v) is 9.65. The number of unbranched alkanes of at least 4 members (excludes halogenated alkanes) is 1. The highest BCUT2D eigenvalue weighted by Gasteiger charge is 2.19. The highest BCUT2D eigenvalue weighted by molar-refractivity contribution is 5.36. The van der Waals surface area contributed by atoms with Crippen LogP contribution in [0.25, 0.3) is 0 Å².